The van der Waals surface area contributed by atoms with Crippen molar-refractivity contribution in [1.82, 2.24) is 0 Å². The predicted octanol–water partition coefficient (Wildman–Crippen LogP) is 2.05. The average molecular weight is 154 g/mol. The molecule has 1 unspecified atom stereocenters. The fraction of sp³-hybridized carbons (Fsp3) is 0.667. The lowest BCUT2D eigenvalue weighted by Gasteiger charge is -2.20. The van der Waals surface area contributed by atoms with Crippen molar-refractivity contribution >= 4 is 5.78 Å². The summed E-state index contributed by atoms with van der Waals surface area (Å²) < 4.78 is 5.44. The minimum Gasteiger partial charge on any atom is -0.494 e. The molecule has 0 aromatic rings. The zero-order chi connectivity index (χ0) is 8.27. The second kappa shape index (κ2) is 3.56. The van der Waals surface area contributed by atoms with Crippen LogP contribution in [-0.2, 0) is 9.53 Å². The molecule has 0 aromatic carbocycles. The Morgan fingerprint density at radius 2 is 2.45 bits per heavy atom. The van der Waals surface area contributed by atoms with Gasteiger partial charge in [0.05, 0.1) is 5.76 Å². The van der Waals surface area contributed by atoms with Crippen molar-refractivity contribution in [2.75, 3.05) is 0 Å². The molecule has 0 fully saturated rings. The van der Waals surface area contributed by atoms with E-state index in [-0.39, 0.29) is 11.9 Å². The van der Waals surface area contributed by atoms with Crippen molar-refractivity contribution in [3.05, 3.63) is 11.8 Å². The van der Waals surface area contributed by atoms with Crippen LogP contribution in [0.3, 0.4) is 0 Å². The standard InChI is InChI=1S/C9H14O2/c1-3-4-9-6-8(10)5-7(2)11-9/h6-7H,3-5H2,1-2H3. The van der Waals surface area contributed by atoms with E-state index in [1.165, 1.54) is 0 Å². The largest absolute Gasteiger partial charge is 0.494 e. The number of ether oxygens (including phenoxy) is 1. The molecule has 1 aliphatic rings. The Bertz CT molecular complexity index is 182. The Balaban J connectivity index is 2.57. The van der Waals surface area contributed by atoms with Gasteiger partial charge in [0, 0.05) is 18.9 Å². The molecule has 2 nitrogen and oxygen atoms in total. The maximum Gasteiger partial charge on any atom is 0.162 e. The lowest BCUT2D eigenvalue weighted by molar-refractivity contribution is -0.118. The van der Waals surface area contributed by atoms with Gasteiger partial charge >= 0.3 is 0 Å². The first-order valence-electron chi connectivity index (χ1n) is 4.12. The van der Waals surface area contributed by atoms with Crippen LogP contribution in [0.5, 0.6) is 0 Å². The highest BCUT2D eigenvalue weighted by atomic mass is 16.5. The summed E-state index contributed by atoms with van der Waals surface area (Å²) in [5.41, 5.74) is 0. The Hall–Kier alpha value is -0.790. The molecular weight excluding hydrogens is 140 g/mol. The molecule has 1 atom stereocenters. The van der Waals surface area contributed by atoms with Gasteiger partial charge in [-0.1, -0.05) is 6.92 Å². The number of allylic oxidation sites excluding steroid dienone is 2. The summed E-state index contributed by atoms with van der Waals surface area (Å²) in [4.78, 5) is 11.0. The quantitative estimate of drug-likeness (QED) is 0.608. The zero-order valence-corrected chi connectivity index (χ0v) is 7.09. The normalized spacial score (nSPS) is 24.4. The Morgan fingerprint density at radius 1 is 1.73 bits per heavy atom. The van der Waals surface area contributed by atoms with E-state index in [9.17, 15) is 4.79 Å². The van der Waals surface area contributed by atoms with Gasteiger partial charge in [0.1, 0.15) is 6.10 Å². The highest BCUT2D eigenvalue weighted by Crippen LogP contribution is 2.17. The Labute approximate surface area is 67.2 Å². The maximum absolute atomic E-state index is 11.0. The minimum atomic E-state index is 0.0778. The topological polar surface area (TPSA) is 26.3 Å². The van der Waals surface area contributed by atoms with Crippen LogP contribution < -0.4 is 0 Å². The maximum atomic E-state index is 11.0. The molecule has 0 aromatic heterocycles. The number of hydrogen-bond donors (Lipinski definition) is 0. The summed E-state index contributed by atoms with van der Waals surface area (Å²) >= 11 is 0. The zero-order valence-electron chi connectivity index (χ0n) is 7.09. The van der Waals surface area contributed by atoms with Gasteiger partial charge in [-0.05, 0) is 13.3 Å². The van der Waals surface area contributed by atoms with Crippen molar-refractivity contribution in [2.45, 2.75) is 39.2 Å². The van der Waals surface area contributed by atoms with Gasteiger partial charge in [-0.3, -0.25) is 4.79 Å². The number of rotatable bonds is 2. The Kier molecular flexibility index (Phi) is 2.69. The first-order chi connectivity index (χ1) is 5.22. The molecule has 62 valence electrons. The molecular formula is C9H14O2. The molecule has 0 radical (unpaired) electrons. The number of carbonyl (C=O) groups is 1. The molecule has 1 rings (SSSR count). The fourth-order valence-corrected chi connectivity index (χ4v) is 1.23. The van der Waals surface area contributed by atoms with Gasteiger partial charge in [0.2, 0.25) is 0 Å². The predicted molar refractivity (Wildman–Crippen MR) is 43.2 cm³/mol. The first-order valence-corrected chi connectivity index (χ1v) is 4.12. The van der Waals surface area contributed by atoms with Crippen LogP contribution in [0.25, 0.3) is 0 Å². The summed E-state index contributed by atoms with van der Waals surface area (Å²) in [5, 5.41) is 0. The summed E-state index contributed by atoms with van der Waals surface area (Å²) in [7, 11) is 0. The van der Waals surface area contributed by atoms with Crippen molar-refractivity contribution < 1.29 is 9.53 Å². The van der Waals surface area contributed by atoms with Gasteiger partial charge in [0.25, 0.3) is 0 Å². The highest BCUT2D eigenvalue weighted by molar-refractivity contribution is 5.91. The van der Waals surface area contributed by atoms with Crippen LogP contribution in [0.4, 0.5) is 0 Å². The van der Waals surface area contributed by atoms with Crippen LogP contribution >= 0.6 is 0 Å². The van der Waals surface area contributed by atoms with Gasteiger partial charge in [-0.25, -0.2) is 0 Å². The van der Waals surface area contributed by atoms with Crippen LogP contribution in [-0.4, -0.2) is 11.9 Å². The molecule has 0 N–H and O–H groups in total. The molecule has 0 aliphatic carbocycles. The third kappa shape index (κ3) is 2.37. The van der Waals surface area contributed by atoms with Crippen molar-refractivity contribution in [1.29, 1.82) is 0 Å². The van der Waals surface area contributed by atoms with Crippen LogP contribution in [0, 0.1) is 0 Å². The summed E-state index contributed by atoms with van der Waals surface area (Å²) in [5.74, 6) is 1.06. The lowest BCUT2D eigenvalue weighted by Crippen LogP contribution is -2.18. The molecule has 11 heavy (non-hydrogen) atoms. The monoisotopic (exact) mass is 154 g/mol. The van der Waals surface area contributed by atoms with E-state index in [2.05, 4.69) is 6.92 Å². The van der Waals surface area contributed by atoms with Crippen LogP contribution in [0.1, 0.15) is 33.1 Å². The lowest BCUT2D eigenvalue weighted by atomic mass is 10.1. The third-order valence-electron chi connectivity index (χ3n) is 1.66. The molecule has 0 amide bonds. The fourth-order valence-electron chi connectivity index (χ4n) is 1.23. The van der Waals surface area contributed by atoms with Crippen LogP contribution in [0.2, 0.25) is 0 Å². The smallest absolute Gasteiger partial charge is 0.162 e. The molecule has 1 aliphatic heterocycles. The van der Waals surface area contributed by atoms with E-state index < -0.39 is 0 Å². The van der Waals surface area contributed by atoms with Crippen molar-refractivity contribution in [2.24, 2.45) is 0 Å². The average Bonchev–Trinajstić information content (AvgIpc) is 1.85. The second-order valence-corrected chi connectivity index (χ2v) is 2.96. The molecule has 0 spiro atoms. The van der Waals surface area contributed by atoms with E-state index in [0.29, 0.717) is 6.42 Å². The number of carbonyl (C=O) groups excluding carboxylic acids is 1. The minimum absolute atomic E-state index is 0.0778. The van der Waals surface area contributed by atoms with E-state index in [1.54, 1.807) is 6.08 Å². The molecule has 0 bridgehead atoms. The molecule has 1 heterocycles. The first kappa shape index (κ1) is 8.31. The summed E-state index contributed by atoms with van der Waals surface area (Å²) in [6.07, 6.45) is 4.16. The highest BCUT2D eigenvalue weighted by Gasteiger charge is 2.16. The second-order valence-electron chi connectivity index (χ2n) is 2.96. The van der Waals surface area contributed by atoms with E-state index in [0.717, 1.165) is 18.6 Å². The summed E-state index contributed by atoms with van der Waals surface area (Å²) in [6.45, 7) is 4.01. The van der Waals surface area contributed by atoms with Crippen molar-refractivity contribution in [3.8, 4) is 0 Å². The van der Waals surface area contributed by atoms with Gasteiger partial charge in [-0.2, -0.15) is 0 Å². The van der Waals surface area contributed by atoms with Crippen molar-refractivity contribution in [3.63, 3.8) is 0 Å². The summed E-state index contributed by atoms with van der Waals surface area (Å²) in [6, 6.07) is 0. The number of hydrogen-bond acceptors (Lipinski definition) is 2. The third-order valence-corrected chi connectivity index (χ3v) is 1.66. The van der Waals surface area contributed by atoms with Crippen LogP contribution in [0.15, 0.2) is 11.8 Å². The Morgan fingerprint density at radius 3 is 3.00 bits per heavy atom. The van der Waals surface area contributed by atoms with Gasteiger partial charge in [0.15, 0.2) is 5.78 Å². The molecule has 0 saturated carbocycles. The van der Waals surface area contributed by atoms with Gasteiger partial charge in [-0.15, -0.1) is 0 Å². The van der Waals surface area contributed by atoms with E-state index in [4.69, 9.17) is 4.74 Å². The SMILES string of the molecule is CCCC1=CC(=O)CC(C)O1. The van der Waals surface area contributed by atoms with E-state index >= 15 is 0 Å². The molecule has 0 saturated heterocycles. The van der Waals surface area contributed by atoms with Gasteiger partial charge < -0.3 is 4.74 Å². The number of ketones is 1. The molecule has 2 heteroatoms. The van der Waals surface area contributed by atoms with E-state index in [1.807, 2.05) is 6.92 Å².